The maximum absolute atomic E-state index is 11.7. The molecule has 3 nitrogen and oxygen atoms in total. The van der Waals surface area contributed by atoms with Crippen LogP contribution in [0.3, 0.4) is 0 Å². The van der Waals surface area contributed by atoms with E-state index in [0.29, 0.717) is 0 Å². The van der Waals surface area contributed by atoms with E-state index < -0.39 is 0 Å². The van der Waals surface area contributed by atoms with Crippen molar-refractivity contribution in [3.05, 3.63) is 42.5 Å². The lowest BCUT2D eigenvalue weighted by Crippen LogP contribution is -2.24. The minimum Gasteiger partial charge on any atom is -0.304 e. The number of Topliss-reactive ketones (excluding diaryl/α,β-unsaturated/α-hetero) is 1. The van der Waals surface area contributed by atoms with E-state index in [0.717, 1.165) is 16.5 Å². The van der Waals surface area contributed by atoms with E-state index in [1.54, 1.807) is 4.90 Å². The van der Waals surface area contributed by atoms with Gasteiger partial charge in [0.25, 0.3) is 0 Å². The Bertz CT molecular complexity index is 613. The second-order valence-electron chi connectivity index (χ2n) is 4.19. The van der Waals surface area contributed by atoms with Gasteiger partial charge in [-0.15, -0.1) is 0 Å². The molecule has 3 rings (SSSR count). The van der Waals surface area contributed by atoms with E-state index in [1.165, 1.54) is 0 Å². The number of hydrogen-bond donors (Lipinski definition) is 0. The van der Waals surface area contributed by atoms with Gasteiger partial charge in [0.15, 0.2) is 5.78 Å². The number of nitrogens with zero attached hydrogens (tertiary/aromatic N) is 1. The summed E-state index contributed by atoms with van der Waals surface area (Å²) in [7, 11) is 0. The molecule has 0 aliphatic carbocycles. The first-order valence-electron chi connectivity index (χ1n) is 5.55. The number of fused-ring (bicyclic) bond motifs is 1. The van der Waals surface area contributed by atoms with Gasteiger partial charge < -0.3 is 4.90 Å². The quantitative estimate of drug-likeness (QED) is 0.697. The van der Waals surface area contributed by atoms with Crippen LogP contribution in [-0.2, 0) is 9.59 Å². The molecule has 1 aliphatic rings. The molecule has 1 aliphatic heterocycles. The van der Waals surface area contributed by atoms with Crippen LogP contribution >= 0.6 is 0 Å². The first-order valence-corrected chi connectivity index (χ1v) is 5.55. The topological polar surface area (TPSA) is 37.4 Å². The molecule has 0 aromatic heterocycles. The monoisotopic (exact) mass is 225 g/mol. The van der Waals surface area contributed by atoms with Crippen molar-refractivity contribution in [3.63, 3.8) is 0 Å². The maximum Gasteiger partial charge on any atom is 0.234 e. The minimum atomic E-state index is -0.105. The summed E-state index contributed by atoms with van der Waals surface area (Å²) in [6.07, 6.45) is 0.0310. The molecule has 84 valence electrons. The molecular formula is C14H11NO2. The fourth-order valence-electron chi connectivity index (χ4n) is 2.25. The van der Waals surface area contributed by atoms with Crippen LogP contribution in [0.15, 0.2) is 42.5 Å². The molecule has 0 spiro atoms. The minimum absolute atomic E-state index is 0.0112. The SMILES string of the molecule is O=C1CC(=O)N(c2cccc3ccccc23)C1. The molecule has 1 fully saturated rings. The average Bonchev–Trinajstić information content (AvgIpc) is 2.68. The highest BCUT2D eigenvalue weighted by molar-refractivity contribution is 6.17. The molecule has 0 unspecified atom stereocenters. The van der Waals surface area contributed by atoms with Crippen LogP contribution in [0, 0.1) is 0 Å². The first kappa shape index (κ1) is 10.0. The normalized spacial score (nSPS) is 15.9. The highest BCUT2D eigenvalue weighted by Crippen LogP contribution is 2.28. The lowest BCUT2D eigenvalue weighted by molar-refractivity contribution is -0.121. The third-order valence-corrected chi connectivity index (χ3v) is 3.04. The van der Waals surface area contributed by atoms with Crippen molar-refractivity contribution in [2.24, 2.45) is 0 Å². The lowest BCUT2D eigenvalue weighted by Gasteiger charge is -2.17. The van der Waals surface area contributed by atoms with Crippen LogP contribution in [0.5, 0.6) is 0 Å². The Hall–Kier alpha value is -2.16. The van der Waals surface area contributed by atoms with E-state index in [-0.39, 0.29) is 24.7 Å². The average molecular weight is 225 g/mol. The van der Waals surface area contributed by atoms with E-state index >= 15 is 0 Å². The Morgan fingerprint density at radius 1 is 0.941 bits per heavy atom. The molecule has 2 aromatic carbocycles. The van der Waals surface area contributed by atoms with Crippen LogP contribution in [0.1, 0.15) is 6.42 Å². The molecular weight excluding hydrogens is 214 g/mol. The molecule has 0 saturated carbocycles. The molecule has 0 atom stereocenters. The van der Waals surface area contributed by atoms with E-state index in [9.17, 15) is 9.59 Å². The summed E-state index contributed by atoms with van der Waals surface area (Å²) in [6.45, 7) is 0.201. The van der Waals surface area contributed by atoms with Crippen LogP contribution in [0.4, 0.5) is 5.69 Å². The van der Waals surface area contributed by atoms with Gasteiger partial charge in [0.1, 0.15) is 0 Å². The number of benzene rings is 2. The van der Waals surface area contributed by atoms with E-state index in [4.69, 9.17) is 0 Å². The van der Waals surface area contributed by atoms with E-state index in [2.05, 4.69) is 0 Å². The molecule has 1 heterocycles. The van der Waals surface area contributed by atoms with Gasteiger partial charge >= 0.3 is 0 Å². The van der Waals surface area contributed by atoms with Crippen LogP contribution in [0.25, 0.3) is 10.8 Å². The molecule has 0 N–H and O–H groups in total. The van der Waals surface area contributed by atoms with Crippen LogP contribution < -0.4 is 4.90 Å². The lowest BCUT2D eigenvalue weighted by atomic mass is 10.1. The predicted octanol–water partition coefficient (Wildman–Crippen LogP) is 2.15. The van der Waals surface area contributed by atoms with Gasteiger partial charge in [-0.2, -0.15) is 0 Å². The molecule has 3 heteroatoms. The van der Waals surface area contributed by atoms with Gasteiger partial charge in [-0.05, 0) is 11.5 Å². The summed E-state index contributed by atoms with van der Waals surface area (Å²) in [5.74, 6) is -0.116. The third kappa shape index (κ3) is 1.60. The Balaban J connectivity index is 2.17. The zero-order valence-corrected chi connectivity index (χ0v) is 9.22. The Morgan fingerprint density at radius 3 is 2.47 bits per heavy atom. The molecule has 2 aromatic rings. The molecule has 1 amide bonds. The van der Waals surface area contributed by atoms with Crippen molar-refractivity contribution in [1.29, 1.82) is 0 Å². The van der Waals surface area contributed by atoms with Crippen molar-refractivity contribution >= 4 is 28.2 Å². The molecule has 17 heavy (non-hydrogen) atoms. The molecule has 1 saturated heterocycles. The fraction of sp³-hybridized carbons (Fsp3) is 0.143. The number of rotatable bonds is 1. The Kier molecular flexibility index (Phi) is 2.18. The first-order chi connectivity index (χ1) is 8.25. The fourth-order valence-corrected chi connectivity index (χ4v) is 2.25. The second kappa shape index (κ2) is 3.70. The van der Waals surface area contributed by atoms with Crippen LogP contribution in [-0.4, -0.2) is 18.2 Å². The number of carbonyl (C=O) groups excluding carboxylic acids is 2. The molecule has 0 radical (unpaired) electrons. The van der Waals surface area contributed by atoms with E-state index in [1.807, 2.05) is 42.5 Å². The van der Waals surface area contributed by atoms with Crippen molar-refractivity contribution in [2.75, 3.05) is 11.4 Å². The maximum atomic E-state index is 11.7. The third-order valence-electron chi connectivity index (χ3n) is 3.04. The summed E-state index contributed by atoms with van der Waals surface area (Å²) in [5, 5.41) is 2.09. The summed E-state index contributed by atoms with van der Waals surface area (Å²) < 4.78 is 0. The zero-order chi connectivity index (χ0) is 11.8. The summed E-state index contributed by atoms with van der Waals surface area (Å²) in [6, 6.07) is 13.7. The zero-order valence-electron chi connectivity index (χ0n) is 9.22. The number of anilines is 1. The van der Waals surface area contributed by atoms with Gasteiger partial charge in [-0.3, -0.25) is 9.59 Å². The van der Waals surface area contributed by atoms with Crippen molar-refractivity contribution in [3.8, 4) is 0 Å². The summed E-state index contributed by atoms with van der Waals surface area (Å²) in [4.78, 5) is 24.6. The standard InChI is InChI=1S/C14H11NO2/c16-11-8-14(17)15(9-11)13-7-3-5-10-4-1-2-6-12(10)13/h1-7H,8-9H2. The van der Waals surface area contributed by atoms with Gasteiger partial charge in [0.2, 0.25) is 5.91 Å². The van der Waals surface area contributed by atoms with Gasteiger partial charge in [0, 0.05) is 5.39 Å². The van der Waals surface area contributed by atoms with Gasteiger partial charge in [0.05, 0.1) is 18.7 Å². The number of carbonyl (C=O) groups is 2. The smallest absolute Gasteiger partial charge is 0.234 e. The van der Waals surface area contributed by atoms with Crippen molar-refractivity contribution in [1.82, 2.24) is 0 Å². The predicted molar refractivity (Wildman–Crippen MR) is 65.9 cm³/mol. The van der Waals surface area contributed by atoms with Gasteiger partial charge in [-0.25, -0.2) is 0 Å². The largest absolute Gasteiger partial charge is 0.304 e. The highest BCUT2D eigenvalue weighted by atomic mass is 16.2. The van der Waals surface area contributed by atoms with Gasteiger partial charge in [-0.1, -0.05) is 36.4 Å². The summed E-state index contributed by atoms with van der Waals surface area (Å²) in [5.41, 5.74) is 0.832. The highest BCUT2D eigenvalue weighted by Gasteiger charge is 2.29. The number of ketones is 1. The second-order valence-corrected chi connectivity index (χ2v) is 4.19. The van der Waals surface area contributed by atoms with Crippen LogP contribution in [0.2, 0.25) is 0 Å². The Labute approximate surface area is 98.6 Å². The molecule has 0 bridgehead atoms. The van der Waals surface area contributed by atoms with Crippen molar-refractivity contribution < 1.29 is 9.59 Å². The number of hydrogen-bond acceptors (Lipinski definition) is 2. The summed E-state index contributed by atoms with van der Waals surface area (Å²) >= 11 is 0. The number of amides is 1. The Morgan fingerprint density at radius 2 is 1.71 bits per heavy atom. The van der Waals surface area contributed by atoms with Crippen molar-refractivity contribution in [2.45, 2.75) is 6.42 Å².